The highest BCUT2D eigenvalue weighted by Gasteiger charge is 2.15. The lowest BCUT2D eigenvalue weighted by Crippen LogP contribution is -2.36. The minimum atomic E-state index is 0.238. The van der Waals surface area contributed by atoms with Crippen LogP contribution in [0.4, 0.5) is 10.1 Å². The van der Waals surface area contributed by atoms with Crippen LogP contribution in [0.25, 0.3) is 0 Å². The van der Waals surface area contributed by atoms with Crippen molar-refractivity contribution in [2.75, 3.05) is 30.7 Å². The van der Waals surface area contributed by atoms with E-state index in [-0.39, 0.29) is 5.91 Å². The van der Waals surface area contributed by atoms with E-state index in [1.54, 1.807) is 6.20 Å². The van der Waals surface area contributed by atoms with Crippen molar-refractivity contribution >= 4 is 27.4 Å². The van der Waals surface area contributed by atoms with Gasteiger partial charge in [0.05, 0.1) is 6.20 Å². The first-order chi connectivity index (χ1) is 8.25. The van der Waals surface area contributed by atoms with Gasteiger partial charge in [-0.3, -0.25) is 4.79 Å². The normalized spacial score (nSPS) is 15.9. The molecular formula is C11H18N4OS. The van der Waals surface area contributed by atoms with E-state index in [0.717, 1.165) is 31.1 Å². The number of nitrogens with zero attached hydrogens (tertiary/aromatic N) is 2. The van der Waals surface area contributed by atoms with E-state index in [1.165, 1.54) is 17.8 Å². The Bertz CT molecular complexity index is 373. The quantitative estimate of drug-likeness (QED) is 0.855. The van der Waals surface area contributed by atoms with Gasteiger partial charge in [0.25, 0.3) is 0 Å². The number of carbonyl (C=O) groups is 1. The van der Waals surface area contributed by atoms with Gasteiger partial charge in [0.1, 0.15) is 5.00 Å². The van der Waals surface area contributed by atoms with Crippen molar-refractivity contribution in [1.29, 1.82) is 0 Å². The molecule has 0 aliphatic carbocycles. The maximum Gasteiger partial charge on any atom is 0.224 e. The number of nitrogens with two attached hydrogens (primary N) is 1. The molecule has 1 aromatic heterocycles. The minimum Gasteiger partial charge on any atom is -0.389 e. The molecule has 1 amide bonds. The van der Waals surface area contributed by atoms with Gasteiger partial charge in [-0.1, -0.05) is 11.3 Å². The van der Waals surface area contributed by atoms with Crippen molar-refractivity contribution in [3.8, 4) is 0 Å². The first kappa shape index (κ1) is 12.2. The Morgan fingerprint density at radius 1 is 1.47 bits per heavy atom. The molecule has 1 saturated heterocycles. The van der Waals surface area contributed by atoms with Gasteiger partial charge in [-0.2, -0.15) is 0 Å². The van der Waals surface area contributed by atoms with E-state index in [0.29, 0.717) is 18.0 Å². The summed E-state index contributed by atoms with van der Waals surface area (Å²) in [4.78, 5) is 17.9. The van der Waals surface area contributed by atoms with Gasteiger partial charge in [-0.25, -0.2) is 4.98 Å². The van der Waals surface area contributed by atoms with E-state index >= 15 is 0 Å². The first-order valence-corrected chi connectivity index (χ1v) is 6.80. The van der Waals surface area contributed by atoms with Crippen LogP contribution in [-0.2, 0) is 4.79 Å². The summed E-state index contributed by atoms with van der Waals surface area (Å²) < 4.78 is 0. The summed E-state index contributed by atoms with van der Waals surface area (Å²) in [6.07, 6.45) is 5.68. The Labute approximate surface area is 105 Å². The number of piperidine rings is 1. The number of amides is 1. The molecular weight excluding hydrogens is 236 g/mol. The Kier molecular flexibility index (Phi) is 4.19. The van der Waals surface area contributed by atoms with Crippen molar-refractivity contribution in [3.05, 3.63) is 6.20 Å². The van der Waals surface area contributed by atoms with E-state index in [2.05, 4.69) is 10.3 Å². The number of carbonyl (C=O) groups excluding carboxylic acids is 1. The van der Waals surface area contributed by atoms with Crippen molar-refractivity contribution in [3.63, 3.8) is 0 Å². The van der Waals surface area contributed by atoms with E-state index in [9.17, 15) is 4.79 Å². The van der Waals surface area contributed by atoms with Crippen LogP contribution in [0, 0.1) is 0 Å². The molecule has 2 heterocycles. The van der Waals surface area contributed by atoms with E-state index in [4.69, 9.17) is 5.73 Å². The maximum absolute atomic E-state index is 11.8. The topological polar surface area (TPSA) is 71.2 Å². The maximum atomic E-state index is 11.8. The van der Waals surface area contributed by atoms with Crippen LogP contribution < -0.4 is 11.1 Å². The molecule has 0 atom stereocenters. The van der Waals surface area contributed by atoms with Gasteiger partial charge in [-0.15, -0.1) is 0 Å². The standard InChI is InChI=1S/C11H18N4OS/c12-9-8-14-11(17-9)13-5-4-10(16)15-6-2-1-3-7-15/h8H,1-7,12H2,(H,13,14). The van der Waals surface area contributed by atoms with E-state index in [1.807, 2.05) is 4.90 Å². The Hall–Kier alpha value is -1.30. The number of thiazole rings is 1. The fraction of sp³-hybridized carbons (Fsp3) is 0.636. The molecule has 6 heteroatoms. The SMILES string of the molecule is Nc1cnc(NCCC(=O)N2CCCCC2)s1. The molecule has 0 spiro atoms. The molecule has 0 aromatic carbocycles. The minimum absolute atomic E-state index is 0.238. The molecule has 0 saturated carbocycles. The number of anilines is 2. The van der Waals surface area contributed by atoms with Gasteiger partial charge >= 0.3 is 0 Å². The van der Waals surface area contributed by atoms with Crippen molar-refractivity contribution in [1.82, 2.24) is 9.88 Å². The summed E-state index contributed by atoms with van der Waals surface area (Å²) in [6, 6.07) is 0. The Morgan fingerprint density at radius 2 is 2.24 bits per heavy atom. The van der Waals surface area contributed by atoms with Crippen LogP contribution in [0.5, 0.6) is 0 Å². The summed E-state index contributed by atoms with van der Waals surface area (Å²) in [6.45, 7) is 2.47. The Balaban J connectivity index is 1.69. The number of aromatic nitrogens is 1. The average molecular weight is 254 g/mol. The molecule has 5 nitrogen and oxygen atoms in total. The molecule has 2 rings (SSSR count). The summed E-state index contributed by atoms with van der Waals surface area (Å²) in [5.41, 5.74) is 5.57. The fourth-order valence-corrected chi connectivity index (χ4v) is 2.55. The highest BCUT2D eigenvalue weighted by atomic mass is 32.1. The van der Waals surface area contributed by atoms with Gasteiger partial charge in [0.2, 0.25) is 5.91 Å². The van der Waals surface area contributed by atoms with Crippen molar-refractivity contribution in [2.45, 2.75) is 25.7 Å². The molecule has 0 unspecified atom stereocenters. The van der Waals surface area contributed by atoms with Gasteiger partial charge < -0.3 is 16.0 Å². The second kappa shape index (κ2) is 5.86. The smallest absolute Gasteiger partial charge is 0.224 e. The molecule has 0 radical (unpaired) electrons. The second-order valence-electron chi connectivity index (χ2n) is 4.19. The predicted molar refractivity (Wildman–Crippen MR) is 70.1 cm³/mol. The van der Waals surface area contributed by atoms with Gasteiger partial charge in [-0.05, 0) is 19.3 Å². The molecule has 1 fully saturated rings. The number of hydrogen-bond acceptors (Lipinski definition) is 5. The highest BCUT2D eigenvalue weighted by molar-refractivity contribution is 7.19. The zero-order valence-corrected chi connectivity index (χ0v) is 10.6. The molecule has 94 valence electrons. The molecule has 17 heavy (non-hydrogen) atoms. The number of nitrogen functional groups attached to an aromatic ring is 1. The first-order valence-electron chi connectivity index (χ1n) is 5.98. The van der Waals surface area contributed by atoms with Crippen LogP contribution in [-0.4, -0.2) is 35.4 Å². The highest BCUT2D eigenvalue weighted by Crippen LogP contribution is 2.19. The summed E-state index contributed by atoms with van der Waals surface area (Å²) >= 11 is 1.41. The summed E-state index contributed by atoms with van der Waals surface area (Å²) in [5.74, 6) is 0.238. The molecule has 0 bridgehead atoms. The number of hydrogen-bond donors (Lipinski definition) is 2. The average Bonchev–Trinajstić information content (AvgIpc) is 2.76. The largest absolute Gasteiger partial charge is 0.389 e. The van der Waals surface area contributed by atoms with Crippen LogP contribution in [0.2, 0.25) is 0 Å². The van der Waals surface area contributed by atoms with Crippen LogP contribution in [0.3, 0.4) is 0 Å². The second-order valence-corrected chi connectivity index (χ2v) is 5.25. The predicted octanol–water partition coefficient (Wildman–Crippen LogP) is 1.54. The Morgan fingerprint density at radius 3 is 2.88 bits per heavy atom. The number of nitrogens with one attached hydrogen (secondary N) is 1. The molecule has 1 aromatic rings. The third kappa shape index (κ3) is 3.59. The zero-order chi connectivity index (χ0) is 12.1. The third-order valence-corrected chi connectivity index (χ3v) is 3.63. The molecule has 3 N–H and O–H groups in total. The summed E-state index contributed by atoms with van der Waals surface area (Å²) in [5, 5.41) is 4.59. The van der Waals surface area contributed by atoms with Crippen molar-refractivity contribution < 1.29 is 4.79 Å². The summed E-state index contributed by atoms with van der Waals surface area (Å²) in [7, 11) is 0. The number of rotatable bonds is 4. The fourth-order valence-electron chi connectivity index (χ4n) is 1.95. The lowest BCUT2D eigenvalue weighted by Gasteiger charge is -2.26. The van der Waals surface area contributed by atoms with Crippen LogP contribution in [0.15, 0.2) is 6.20 Å². The monoisotopic (exact) mass is 254 g/mol. The number of likely N-dealkylation sites (tertiary alicyclic amines) is 1. The van der Waals surface area contributed by atoms with Gasteiger partial charge in [0.15, 0.2) is 5.13 Å². The lowest BCUT2D eigenvalue weighted by atomic mass is 10.1. The van der Waals surface area contributed by atoms with Gasteiger partial charge in [0, 0.05) is 26.1 Å². The molecule has 1 aliphatic heterocycles. The van der Waals surface area contributed by atoms with Crippen molar-refractivity contribution in [2.24, 2.45) is 0 Å². The van der Waals surface area contributed by atoms with E-state index < -0.39 is 0 Å². The van der Waals surface area contributed by atoms with Crippen LogP contribution >= 0.6 is 11.3 Å². The zero-order valence-electron chi connectivity index (χ0n) is 9.82. The third-order valence-electron chi connectivity index (χ3n) is 2.85. The van der Waals surface area contributed by atoms with Crippen LogP contribution in [0.1, 0.15) is 25.7 Å². The lowest BCUT2D eigenvalue weighted by molar-refractivity contribution is -0.131. The molecule has 1 aliphatic rings.